The maximum absolute atomic E-state index is 5.73. The number of rotatable bonds is 12. The molecule has 2 heterocycles. The predicted molar refractivity (Wildman–Crippen MR) is 259 cm³/mol. The molecule has 0 aliphatic carbocycles. The fourth-order valence-electron chi connectivity index (χ4n) is 7.72. The number of benzene rings is 6. The van der Waals surface area contributed by atoms with E-state index in [0.717, 1.165) is 50.6 Å². The molecule has 0 amide bonds. The highest BCUT2D eigenvalue weighted by molar-refractivity contribution is 5.93. The summed E-state index contributed by atoms with van der Waals surface area (Å²) in [6.45, 7) is 24.3. The summed E-state index contributed by atoms with van der Waals surface area (Å²) >= 11 is 0. The van der Waals surface area contributed by atoms with Crippen molar-refractivity contribution in [1.82, 2.24) is 9.13 Å². The van der Waals surface area contributed by atoms with Gasteiger partial charge in [0.15, 0.2) is 0 Å². The summed E-state index contributed by atoms with van der Waals surface area (Å²) < 4.78 is 16.4. The van der Waals surface area contributed by atoms with Crippen LogP contribution in [0.1, 0.15) is 87.8 Å². The summed E-state index contributed by atoms with van der Waals surface area (Å²) in [5.74, 6) is 1.89. The molecule has 0 saturated carbocycles. The molecular weight excluding hydrogens is 733 g/mol. The molecule has 8 rings (SSSR count). The largest absolute Gasteiger partial charge is 0.494 e. The van der Waals surface area contributed by atoms with E-state index in [-0.39, 0.29) is 0 Å². The van der Waals surface area contributed by atoms with Crippen molar-refractivity contribution in [3.8, 4) is 34.0 Å². The van der Waals surface area contributed by atoms with Crippen molar-refractivity contribution in [3.63, 3.8) is 0 Å². The lowest BCUT2D eigenvalue weighted by atomic mass is 10.1. The SMILES string of the molecule is CC.CC.CCCOc1ccc(Cn2c(-c3ccccc3)c(C)c3cc(C)ccc32)cc1.CCCOc1ccc(Cn2c(-c3ccccc3)c(C)c3cc(C)ccc32)cc1. The van der Waals surface area contributed by atoms with E-state index in [1.54, 1.807) is 0 Å². The molecule has 60 heavy (non-hydrogen) atoms. The van der Waals surface area contributed by atoms with Crippen LogP contribution in [0.3, 0.4) is 0 Å². The molecule has 0 bridgehead atoms. The Morgan fingerprint density at radius 2 is 0.767 bits per heavy atom. The number of aromatic nitrogens is 2. The summed E-state index contributed by atoms with van der Waals surface area (Å²) in [7, 11) is 0. The predicted octanol–water partition coefficient (Wildman–Crippen LogP) is 15.6. The van der Waals surface area contributed by atoms with E-state index in [1.165, 1.54) is 77.7 Å². The minimum Gasteiger partial charge on any atom is -0.494 e. The second-order valence-electron chi connectivity index (χ2n) is 14.9. The Kier molecular flexibility index (Phi) is 16.8. The number of ether oxygens (including phenoxy) is 2. The van der Waals surface area contributed by atoms with Crippen LogP contribution in [-0.2, 0) is 13.1 Å². The van der Waals surface area contributed by atoms with Gasteiger partial charge in [0, 0.05) is 34.9 Å². The first-order valence-electron chi connectivity index (χ1n) is 22.1. The van der Waals surface area contributed by atoms with Crippen LogP contribution in [0.4, 0.5) is 0 Å². The van der Waals surface area contributed by atoms with Crippen molar-refractivity contribution < 1.29 is 9.47 Å². The fraction of sp³-hybridized carbons (Fsp3) is 0.286. The average molecular weight is 799 g/mol. The molecule has 0 N–H and O–H groups in total. The maximum Gasteiger partial charge on any atom is 0.119 e. The van der Waals surface area contributed by atoms with Gasteiger partial charge in [-0.05, 0) is 122 Å². The molecule has 8 aromatic rings. The summed E-state index contributed by atoms with van der Waals surface area (Å²) in [5, 5.41) is 2.67. The van der Waals surface area contributed by atoms with E-state index in [2.05, 4.69) is 196 Å². The zero-order chi connectivity index (χ0) is 43.0. The lowest BCUT2D eigenvalue weighted by Crippen LogP contribution is -2.02. The fourth-order valence-corrected chi connectivity index (χ4v) is 7.72. The smallest absolute Gasteiger partial charge is 0.119 e. The third-order valence-electron chi connectivity index (χ3n) is 10.5. The van der Waals surface area contributed by atoms with Gasteiger partial charge < -0.3 is 18.6 Å². The Morgan fingerprint density at radius 3 is 1.10 bits per heavy atom. The van der Waals surface area contributed by atoms with E-state index in [4.69, 9.17) is 9.47 Å². The normalized spacial score (nSPS) is 10.6. The van der Waals surface area contributed by atoms with Crippen molar-refractivity contribution in [3.05, 3.63) is 179 Å². The molecule has 0 unspecified atom stereocenters. The Bertz CT molecular complexity index is 2330. The molecule has 0 aliphatic rings. The Labute approximate surface area is 360 Å². The van der Waals surface area contributed by atoms with Crippen molar-refractivity contribution in [1.29, 1.82) is 0 Å². The standard InChI is InChI=1S/2C26H27NO.2C2H6/c2*1-4-16-28-23-13-11-21(12-14-23)18-27-25-15-10-19(2)17-24(25)20(3)26(27)22-8-6-5-7-9-22;2*1-2/h2*5-15,17H,4,16,18H2,1-3H3;2*1-2H3. The van der Waals surface area contributed by atoms with Crippen LogP contribution in [-0.4, -0.2) is 22.3 Å². The first-order valence-corrected chi connectivity index (χ1v) is 22.1. The van der Waals surface area contributed by atoms with Crippen LogP contribution in [0.2, 0.25) is 0 Å². The maximum atomic E-state index is 5.73. The molecule has 0 saturated heterocycles. The van der Waals surface area contributed by atoms with Crippen LogP contribution >= 0.6 is 0 Å². The molecule has 4 nitrogen and oxygen atoms in total. The summed E-state index contributed by atoms with van der Waals surface area (Å²) in [6, 6.07) is 51.9. The van der Waals surface area contributed by atoms with Crippen LogP contribution in [0, 0.1) is 27.7 Å². The second-order valence-corrected chi connectivity index (χ2v) is 14.9. The molecule has 0 aliphatic heterocycles. The summed E-state index contributed by atoms with van der Waals surface area (Å²) in [5.41, 5.74) is 15.5. The van der Waals surface area contributed by atoms with E-state index in [9.17, 15) is 0 Å². The van der Waals surface area contributed by atoms with Gasteiger partial charge >= 0.3 is 0 Å². The first-order chi connectivity index (χ1) is 29.3. The van der Waals surface area contributed by atoms with E-state index in [1.807, 2.05) is 27.7 Å². The molecule has 0 spiro atoms. The highest BCUT2D eigenvalue weighted by Crippen LogP contribution is 2.36. The Hall–Kier alpha value is -6.00. The van der Waals surface area contributed by atoms with Gasteiger partial charge in [0.05, 0.1) is 24.6 Å². The van der Waals surface area contributed by atoms with E-state index >= 15 is 0 Å². The van der Waals surface area contributed by atoms with Gasteiger partial charge in [-0.15, -0.1) is 0 Å². The van der Waals surface area contributed by atoms with Gasteiger partial charge in [0.25, 0.3) is 0 Å². The molecule has 4 heteroatoms. The minimum atomic E-state index is 0.762. The number of hydrogen-bond acceptors (Lipinski definition) is 2. The topological polar surface area (TPSA) is 28.3 Å². The molecular formula is C56H66N2O2. The third kappa shape index (κ3) is 10.8. The highest BCUT2D eigenvalue weighted by Gasteiger charge is 2.18. The first kappa shape index (κ1) is 45.1. The van der Waals surface area contributed by atoms with Crippen molar-refractivity contribution in [2.24, 2.45) is 0 Å². The van der Waals surface area contributed by atoms with Crippen molar-refractivity contribution >= 4 is 21.8 Å². The summed E-state index contributed by atoms with van der Waals surface area (Å²) in [4.78, 5) is 0. The number of aryl methyl sites for hydroxylation is 4. The second kappa shape index (κ2) is 22.4. The number of nitrogens with zero attached hydrogens (tertiary/aromatic N) is 2. The van der Waals surface area contributed by atoms with Crippen LogP contribution in [0.15, 0.2) is 146 Å². The monoisotopic (exact) mass is 799 g/mol. The van der Waals surface area contributed by atoms with E-state index in [0.29, 0.717) is 0 Å². The number of fused-ring (bicyclic) bond motifs is 2. The van der Waals surface area contributed by atoms with Crippen LogP contribution < -0.4 is 9.47 Å². The molecule has 6 aromatic carbocycles. The van der Waals surface area contributed by atoms with Crippen LogP contribution in [0.25, 0.3) is 44.3 Å². The number of hydrogen-bond donors (Lipinski definition) is 0. The lowest BCUT2D eigenvalue weighted by Gasteiger charge is -2.13. The van der Waals surface area contributed by atoms with E-state index < -0.39 is 0 Å². The summed E-state index contributed by atoms with van der Waals surface area (Å²) in [6.07, 6.45) is 2.05. The molecule has 2 aromatic heterocycles. The molecule has 312 valence electrons. The quantitative estimate of drug-likeness (QED) is 0.123. The third-order valence-corrected chi connectivity index (χ3v) is 10.5. The van der Waals surface area contributed by atoms with Gasteiger partial charge in [-0.3, -0.25) is 0 Å². The van der Waals surface area contributed by atoms with Gasteiger partial charge in [-0.2, -0.15) is 0 Å². The van der Waals surface area contributed by atoms with Gasteiger partial charge in [-0.25, -0.2) is 0 Å². The van der Waals surface area contributed by atoms with Crippen molar-refractivity contribution in [2.45, 2.75) is 95.2 Å². The molecule has 0 radical (unpaired) electrons. The highest BCUT2D eigenvalue weighted by atomic mass is 16.5. The Balaban J connectivity index is 0.000000210. The van der Waals surface area contributed by atoms with Crippen LogP contribution in [0.5, 0.6) is 11.5 Å². The minimum absolute atomic E-state index is 0.762. The van der Waals surface area contributed by atoms with Gasteiger partial charge in [-0.1, -0.05) is 150 Å². The zero-order valence-corrected chi connectivity index (χ0v) is 37.8. The Morgan fingerprint density at radius 1 is 0.417 bits per heavy atom. The molecule has 0 atom stereocenters. The van der Waals surface area contributed by atoms with Gasteiger partial charge in [0.1, 0.15) is 11.5 Å². The average Bonchev–Trinajstić information content (AvgIpc) is 3.72. The van der Waals surface area contributed by atoms with Gasteiger partial charge in [0.2, 0.25) is 0 Å². The zero-order valence-electron chi connectivity index (χ0n) is 37.8. The van der Waals surface area contributed by atoms with Crippen molar-refractivity contribution in [2.75, 3.05) is 13.2 Å². The lowest BCUT2D eigenvalue weighted by molar-refractivity contribution is 0.317. The molecule has 0 fully saturated rings.